The zero-order valence-electron chi connectivity index (χ0n) is 16.5. The van der Waals surface area contributed by atoms with Crippen molar-refractivity contribution in [3.63, 3.8) is 0 Å². The van der Waals surface area contributed by atoms with Gasteiger partial charge in [0.25, 0.3) is 11.5 Å². The van der Waals surface area contributed by atoms with Gasteiger partial charge in [0.05, 0.1) is 11.1 Å². The van der Waals surface area contributed by atoms with E-state index in [-0.39, 0.29) is 16.7 Å². The molecule has 2 N–H and O–H groups in total. The van der Waals surface area contributed by atoms with Gasteiger partial charge in [-0.1, -0.05) is 19.9 Å². The molecule has 1 amide bonds. The molecule has 0 spiro atoms. The molecule has 8 heteroatoms. The lowest BCUT2D eigenvalue weighted by Gasteiger charge is -2.52. The van der Waals surface area contributed by atoms with Gasteiger partial charge in [-0.15, -0.1) is 10.2 Å². The molecule has 0 atom stereocenters. The van der Waals surface area contributed by atoms with Crippen molar-refractivity contribution in [1.29, 1.82) is 0 Å². The number of pyridine rings is 1. The van der Waals surface area contributed by atoms with E-state index in [1.807, 2.05) is 11.6 Å². The van der Waals surface area contributed by atoms with Crippen molar-refractivity contribution in [2.45, 2.75) is 32.1 Å². The lowest BCUT2D eigenvalue weighted by atomic mass is 9.51. The first-order chi connectivity index (χ1) is 13.7. The molecule has 0 radical (unpaired) electrons. The largest absolute Gasteiger partial charge is 0.328 e. The summed E-state index contributed by atoms with van der Waals surface area (Å²) >= 11 is 0. The maximum absolute atomic E-state index is 14.5. The molecule has 1 saturated carbocycles. The summed E-state index contributed by atoms with van der Waals surface area (Å²) in [6.45, 7) is 4.35. The number of H-pyrrole nitrogens is 1. The summed E-state index contributed by atoms with van der Waals surface area (Å²) in [7, 11) is 1.89. The highest BCUT2D eigenvalue weighted by Gasteiger charge is 2.54. The van der Waals surface area contributed by atoms with Crippen LogP contribution in [0.15, 0.2) is 47.7 Å². The minimum absolute atomic E-state index is 0.0296. The quantitative estimate of drug-likeness (QED) is 0.710. The predicted molar refractivity (Wildman–Crippen MR) is 106 cm³/mol. The highest BCUT2D eigenvalue weighted by atomic mass is 19.1. The number of anilines is 1. The van der Waals surface area contributed by atoms with Crippen LogP contribution in [0.3, 0.4) is 0 Å². The first-order valence-corrected chi connectivity index (χ1v) is 9.35. The molecule has 2 heterocycles. The molecule has 0 aliphatic heterocycles. The molecule has 2 aromatic heterocycles. The zero-order chi connectivity index (χ0) is 20.8. The number of nitrogens with one attached hydrogen (secondary N) is 2. The Balaban J connectivity index is 1.73. The SMILES string of the molecule is Cn1cnnc1C1(c2ccc(F)c(NC(=O)c3ccc[nH]c3=O)c2)CC(C)(C)C1. The number of halogens is 1. The fraction of sp³-hybridized carbons (Fsp3) is 0.333. The molecular weight excluding hydrogens is 373 g/mol. The zero-order valence-corrected chi connectivity index (χ0v) is 16.5. The summed E-state index contributed by atoms with van der Waals surface area (Å²) in [5.74, 6) is -0.425. The number of nitrogens with zero attached hydrogens (tertiary/aromatic N) is 3. The maximum Gasteiger partial charge on any atom is 0.261 e. The molecule has 0 unspecified atom stereocenters. The van der Waals surface area contributed by atoms with E-state index in [4.69, 9.17) is 0 Å². The normalized spacial score (nSPS) is 16.8. The fourth-order valence-corrected chi connectivity index (χ4v) is 4.50. The molecular formula is C21H22FN5O2. The molecule has 1 aromatic carbocycles. The Morgan fingerprint density at radius 3 is 2.66 bits per heavy atom. The molecule has 0 bridgehead atoms. The third-order valence-corrected chi connectivity index (χ3v) is 5.53. The van der Waals surface area contributed by atoms with Gasteiger partial charge in [0.2, 0.25) is 0 Å². The number of aryl methyl sites for hydroxylation is 1. The lowest BCUT2D eigenvalue weighted by Crippen LogP contribution is -2.49. The Morgan fingerprint density at radius 2 is 2.03 bits per heavy atom. The third kappa shape index (κ3) is 3.24. The Morgan fingerprint density at radius 1 is 1.28 bits per heavy atom. The van der Waals surface area contributed by atoms with Crippen molar-refractivity contribution in [2.75, 3.05) is 5.32 Å². The second-order valence-corrected chi connectivity index (χ2v) is 8.43. The average molecular weight is 395 g/mol. The van der Waals surface area contributed by atoms with E-state index >= 15 is 0 Å². The van der Waals surface area contributed by atoms with Gasteiger partial charge in [0, 0.05) is 13.2 Å². The molecule has 3 aromatic rings. The second kappa shape index (κ2) is 6.65. The van der Waals surface area contributed by atoms with Gasteiger partial charge in [0.15, 0.2) is 0 Å². The van der Waals surface area contributed by atoms with Gasteiger partial charge in [-0.2, -0.15) is 0 Å². The van der Waals surface area contributed by atoms with Crippen molar-refractivity contribution in [3.8, 4) is 0 Å². The van der Waals surface area contributed by atoms with E-state index in [2.05, 4.69) is 34.3 Å². The molecule has 0 saturated heterocycles. The van der Waals surface area contributed by atoms with Crippen LogP contribution in [0, 0.1) is 11.2 Å². The van der Waals surface area contributed by atoms with Crippen LogP contribution >= 0.6 is 0 Å². The number of aromatic amines is 1. The van der Waals surface area contributed by atoms with Gasteiger partial charge in [0.1, 0.15) is 23.5 Å². The van der Waals surface area contributed by atoms with Gasteiger partial charge in [-0.25, -0.2) is 4.39 Å². The number of benzene rings is 1. The van der Waals surface area contributed by atoms with Gasteiger partial charge in [-0.3, -0.25) is 9.59 Å². The Bertz CT molecular complexity index is 1140. The number of rotatable bonds is 4. The van der Waals surface area contributed by atoms with E-state index in [9.17, 15) is 14.0 Å². The number of aromatic nitrogens is 4. The standard InChI is InChI=1S/C21H22FN5O2/c1-20(2)10-21(11-20,19-26-24-12-27(19)3)13-6-7-15(22)16(9-13)25-18(29)14-5-4-8-23-17(14)28/h4-9,12H,10-11H2,1-3H3,(H,23,28)(H,25,29). The van der Waals surface area contributed by atoms with Crippen molar-refractivity contribution in [3.05, 3.63) is 76.0 Å². The summed E-state index contributed by atoms with van der Waals surface area (Å²) in [5, 5.41) is 10.9. The topological polar surface area (TPSA) is 92.7 Å². The van der Waals surface area contributed by atoms with Crippen molar-refractivity contribution in [1.82, 2.24) is 19.7 Å². The van der Waals surface area contributed by atoms with E-state index < -0.39 is 22.7 Å². The van der Waals surface area contributed by atoms with E-state index in [0.29, 0.717) is 0 Å². The van der Waals surface area contributed by atoms with Crippen molar-refractivity contribution >= 4 is 11.6 Å². The van der Waals surface area contributed by atoms with Crippen molar-refractivity contribution in [2.24, 2.45) is 12.5 Å². The molecule has 150 valence electrons. The number of amides is 1. The van der Waals surface area contributed by atoms with Crippen LogP contribution in [-0.4, -0.2) is 25.7 Å². The van der Waals surface area contributed by atoms with Crippen LogP contribution in [0.25, 0.3) is 0 Å². The van der Waals surface area contributed by atoms with E-state index in [0.717, 1.165) is 24.2 Å². The van der Waals surface area contributed by atoms with E-state index in [1.54, 1.807) is 24.5 Å². The highest BCUT2D eigenvalue weighted by molar-refractivity contribution is 6.04. The monoisotopic (exact) mass is 395 g/mol. The van der Waals surface area contributed by atoms with Crippen LogP contribution in [0.5, 0.6) is 0 Å². The third-order valence-electron chi connectivity index (χ3n) is 5.53. The Hall–Kier alpha value is -3.29. The first-order valence-electron chi connectivity index (χ1n) is 9.35. The van der Waals surface area contributed by atoms with E-state index in [1.165, 1.54) is 18.3 Å². The minimum Gasteiger partial charge on any atom is -0.328 e. The molecule has 4 rings (SSSR count). The number of carbonyl (C=O) groups excluding carboxylic acids is 1. The smallest absolute Gasteiger partial charge is 0.261 e. The van der Waals surface area contributed by atoms with Crippen molar-refractivity contribution < 1.29 is 9.18 Å². The average Bonchev–Trinajstić information content (AvgIpc) is 3.07. The Labute approximate surface area is 167 Å². The molecule has 1 fully saturated rings. The number of hydrogen-bond acceptors (Lipinski definition) is 4. The molecule has 1 aliphatic carbocycles. The molecule has 1 aliphatic rings. The van der Waals surface area contributed by atoms with Gasteiger partial charge >= 0.3 is 0 Å². The maximum atomic E-state index is 14.5. The lowest BCUT2D eigenvalue weighted by molar-refractivity contribution is 0.0790. The Kier molecular flexibility index (Phi) is 4.37. The van der Waals surface area contributed by atoms with Crippen LogP contribution in [0.2, 0.25) is 0 Å². The fourth-order valence-electron chi connectivity index (χ4n) is 4.50. The molecule has 7 nitrogen and oxygen atoms in total. The second-order valence-electron chi connectivity index (χ2n) is 8.43. The summed E-state index contributed by atoms with van der Waals surface area (Å²) in [6, 6.07) is 7.64. The first kappa shape index (κ1) is 19.0. The van der Waals surface area contributed by atoms with Crippen LogP contribution < -0.4 is 10.9 Å². The summed E-state index contributed by atoms with van der Waals surface area (Å²) in [5.41, 5.74) is -0.0238. The van der Waals surface area contributed by atoms with Gasteiger partial charge < -0.3 is 14.9 Å². The summed E-state index contributed by atoms with van der Waals surface area (Å²) in [6.07, 6.45) is 4.73. The predicted octanol–water partition coefficient (Wildman–Crippen LogP) is 3.00. The number of carbonyl (C=O) groups is 1. The van der Waals surface area contributed by atoms with Crippen LogP contribution in [0.1, 0.15) is 48.4 Å². The number of hydrogen-bond donors (Lipinski definition) is 2. The van der Waals surface area contributed by atoms with Crippen LogP contribution in [0.4, 0.5) is 10.1 Å². The summed E-state index contributed by atoms with van der Waals surface area (Å²) in [4.78, 5) is 26.8. The van der Waals surface area contributed by atoms with Crippen LogP contribution in [-0.2, 0) is 12.5 Å². The van der Waals surface area contributed by atoms with Gasteiger partial charge in [-0.05, 0) is 48.1 Å². The molecule has 29 heavy (non-hydrogen) atoms. The minimum atomic E-state index is -0.662. The highest BCUT2D eigenvalue weighted by Crippen LogP contribution is 2.58. The summed E-state index contributed by atoms with van der Waals surface area (Å²) < 4.78 is 16.4.